The lowest BCUT2D eigenvalue weighted by Crippen LogP contribution is -2.39. The van der Waals surface area contributed by atoms with Crippen molar-refractivity contribution in [3.05, 3.63) is 119 Å². The number of fused-ring (bicyclic) bond motifs is 1. The number of carbonyl (C=O) groups excluding carboxylic acids is 1. The Kier molecular flexibility index (Phi) is 9.21. The second-order valence-electron chi connectivity index (χ2n) is 9.40. The van der Waals surface area contributed by atoms with Crippen molar-refractivity contribution in [2.75, 3.05) is 20.0 Å². The number of hydrogen-bond donors (Lipinski definition) is 0. The average molecular weight is 621 g/mol. The number of nitrogens with zero attached hydrogens (tertiary/aromatic N) is 2. The van der Waals surface area contributed by atoms with Crippen LogP contribution in [-0.4, -0.2) is 30.5 Å². The van der Waals surface area contributed by atoms with Gasteiger partial charge >= 0.3 is 5.97 Å². The van der Waals surface area contributed by atoms with E-state index in [1.807, 2.05) is 73.0 Å². The van der Waals surface area contributed by atoms with E-state index in [0.29, 0.717) is 43.7 Å². The van der Waals surface area contributed by atoms with Gasteiger partial charge < -0.3 is 14.2 Å². The number of allylic oxidation sites excluding steroid dienone is 1. The number of carbonyl (C=O) groups is 1. The first-order valence-electron chi connectivity index (χ1n) is 13.2. The molecular weight excluding hydrogens is 592 g/mol. The van der Waals surface area contributed by atoms with Gasteiger partial charge in [0.1, 0.15) is 6.61 Å². The summed E-state index contributed by atoms with van der Waals surface area (Å²) in [5, 5.41) is 0.665. The fourth-order valence-corrected chi connectivity index (χ4v) is 6.26. The number of ether oxygens (including phenoxy) is 3. The quantitative estimate of drug-likeness (QED) is 0.175. The Labute approximate surface area is 256 Å². The van der Waals surface area contributed by atoms with E-state index in [1.54, 1.807) is 43.4 Å². The Morgan fingerprint density at radius 2 is 1.83 bits per heavy atom. The van der Waals surface area contributed by atoms with E-state index >= 15 is 0 Å². The van der Waals surface area contributed by atoms with Gasteiger partial charge in [0.05, 0.1) is 35.6 Å². The highest BCUT2D eigenvalue weighted by Gasteiger charge is 2.33. The van der Waals surface area contributed by atoms with E-state index in [9.17, 15) is 9.59 Å². The van der Waals surface area contributed by atoms with Crippen molar-refractivity contribution in [2.24, 2.45) is 4.99 Å². The van der Waals surface area contributed by atoms with Crippen molar-refractivity contribution in [1.29, 1.82) is 0 Å². The largest absolute Gasteiger partial charge is 0.493 e. The molecule has 10 heteroatoms. The molecule has 216 valence electrons. The van der Waals surface area contributed by atoms with Crippen LogP contribution < -0.4 is 24.4 Å². The molecule has 0 fully saturated rings. The van der Waals surface area contributed by atoms with Crippen LogP contribution >= 0.6 is 34.7 Å². The third-order valence-electron chi connectivity index (χ3n) is 6.74. The predicted molar refractivity (Wildman–Crippen MR) is 167 cm³/mol. The summed E-state index contributed by atoms with van der Waals surface area (Å²) in [4.78, 5) is 33.3. The van der Waals surface area contributed by atoms with Crippen molar-refractivity contribution in [3.8, 4) is 11.5 Å². The Balaban J connectivity index is 1.53. The summed E-state index contributed by atoms with van der Waals surface area (Å²) in [5.74, 6) is 0.637. The first kappa shape index (κ1) is 29.7. The minimum absolute atomic E-state index is 0.222. The second-order valence-corrected chi connectivity index (χ2v) is 11.7. The standard InChI is InChI=1S/C32H29ClN2O5S2/c1-5-39-31(37)28-19(2)34-32-35(29(28)22-9-13-24(41-4)14-10-22)30(36)27(42-32)17-21-8-15-25(26(16-21)38-3)40-18-20-6-11-23(33)12-7-20/h6-17,29H,5,18H2,1-4H3. The summed E-state index contributed by atoms with van der Waals surface area (Å²) in [6, 6.07) is 20.1. The van der Waals surface area contributed by atoms with Crippen LogP contribution in [0.1, 0.15) is 36.6 Å². The zero-order chi connectivity index (χ0) is 29.8. The van der Waals surface area contributed by atoms with Crippen LogP contribution in [0.4, 0.5) is 0 Å². The summed E-state index contributed by atoms with van der Waals surface area (Å²) < 4.78 is 19.0. The van der Waals surface area contributed by atoms with Crippen LogP contribution in [0.25, 0.3) is 6.08 Å². The van der Waals surface area contributed by atoms with Crippen molar-refractivity contribution >= 4 is 46.7 Å². The summed E-state index contributed by atoms with van der Waals surface area (Å²) in [5.41, 5.74) is 3.19. The smallest absolute Gasteiger partial charge is 0.338 e. The number of aromatic nitrogens is 1. The van der Waals surface area contributed by atoms with Gasteiger partial charge in [0, 0.05) is 9.92 Å². The molecule has 2 heterocycles. The number of esters is 1. The molecule has 3 aromatic carbocycles. The molecule has 0 radical (unpaired) electrons. The zero-order valence-electron chi connectivity index (χ0n) is 23.5. The molecule has 1 aliphatic heterocycles. The molecule has 4 aromatic rings. The van der Waals surface area contributed by atoms with Gasteiger partial charge in [-0.1, -0.05) is 53.3 Å². The van der Waals surface area contributed by atoms with E-state index in [4.69, 9.17) is 25.8 Å². The predicted octanol–water partition coefficient (Wildman–Crippen LogP) is 5.76. The van der Waals surface area contributed by atoms with Crippen LogP contribution in [0.15, 0.2) is 92.7 Å². The molecule has 1 unspecified atom stereocenters. The van der Waals surface area contributed by atoms with E-state index in [2.05, 4.69) is 4.99 Å². The summed E-state index contributed by atoms with van der Waals surface area (Å²) in [6.07, 6.45) is 3.80. The van der Waals surface area contributed by atoms with Crippen molar-refractivity contribution in [2.45, 2.75) is 31.4 Å². The number of methoxy groups -OCH3 is 1. The minimum Gasteiger partial charge on any atom is -0.493 e. The molecule has 42 heavy (non-hydrogen) atoms. The molecule has 0 N–H and O–H groups in total. The molecule has 0 amide bonds. The van der Waals surface area contributed by atoms with Gasteiger partial charge in [0.2, 0.25) is 0 Å². The molecule has 0 saturated heterocycles. The molecule has 5 rings (SSSR count). The Bertz CT molecular complexity index is 1830. The third kappa shape index (κ3) is 6.18. The van der Waals surface area contributed by atoms with Gasteiger partial charge in [-0.3, -0.25) is 9.36 Å². The first-order valence-corrected chi connectivity index (χ1v) is 15.6. The maximum atomic E-state index is 13.9. The number of rotatable bonds is 9. The first-order chi connectivity index (χ1) is 20.3. The SMILES string of the molecule is CCOC(=O)C1=C(C)N=c2sc(=Cc3ccc(OCc4ccc(Cl)cc4)c(OC)c3)c(=O)n2C1c1ccc(SC)cc1. The lowest BCUT2D eigenvalue weighted by atomic mass is 9.96. The monoisotopic (exact) mass is 620 g/mol. The van der Waals surface area contributed by atoms with E-state index in [0.717, 1.165) is 21.6 Å². The molecule has 7 nitrogen and oxygen atoms in total. The summed E-state index contributed by atoms with van der Waals surface area (Å²) in [7, 11) is 1.57. The molecule has 1 aromatic heterocycles. The summed E-state index contributed by atoms with van der Waals surface area (Å²) in [6.45, 7) is 4.11. The Morgan fingerprint density at radius 3 is 2.50 bits per heavy atom. The molecule has 1 aliphatic rings. The highest BCUT2D eigenvalue weighted by molar-refractivity contribution is 7.98. The number of halogens is 1. The van der Waals surface area contributed by atoms with Crippen LogP contribution in [-0.2, 0) is 16.1 Å². The van der Waals surface area contributed by atoms with Crippen LogP contribution in [0.5, 0.6) is 11.5 Å². The van der Waals surface area contributed by atoms with Gasteiger partial charge in [0.15, 0.2) is 16.3 Å². The average Bonchev–Trinajstić information content (AvgIpc) is 3.30. The summed E-state index contributed by atoms with van der Waals surface area (Å²) >= 11 is 8.88. The molecule has 0 bridgehead atoms. The number of benzene rings is 3. The van der Waals surface area contributed by atoms with Crippen LogP contribution in [0.3, 0.4) is 0 Å². The number of thioether (sulfide) groups is 1. The maximum Gasteiger partial charge on any atom is 0.338 e. The Morgan fingerprint density at radius 1 is 1.10 bits per heavy atom. The van der Waals surface area contributed by atoms with Gasteiger partial charge in [-0.05, 0) is 79.3 Å². The molecule has 0 aliphatic carbocycles. The highest BCUT2D eigenvalue weighted by atomic mass is 35.5. The lowest BCUT2D eigenvalue weighted by Gasteiger charge is -2.24. The fraction of sp³-hybridized carbons (Fsp3) is 0.219. The van der Waals surface area contributed by atoms with Gasteiger partial charge in [-0.25, -0.2) is 9.79 Å². The van der Waals surface area contributed by atoms with Crippen LogP contribution in [0, 0.1) is 0 Å². The van der Waals surface area contributed by atoms with E-state index < -0.39 is 12.0 Å². The van der Waals surface area contributed by atoms with Crippen molar-refractivity contribution in [1.82, 2.24) is 4.57 Å². The van der Waals surface area contributed by atoms with Crippen molar-refractivity contribution < 1.29 is 19.0 Å². The van der Waals surface area contributed by atoms with Crippen molar-refractivity contribution in [3.63, 3.8) is 0 Å². The second kappa shape index (κ2) is 13.0. The minimum atomic E-state index is -0.656. The molecule has 1 atom stereocenters. The maximum absolute atomic E-state index is 13.9. The third-order valence-corrected chi connectivity index (χ3v) is 8.72. The van der Waals surface area contributed by atoms with Crippen LogP contribution in [0.2, 0.25) is 5.02 Å². The Hall–Kier alpha value is -3.79. The molecule has 0 saturated carbocycles. The topological polar surface area (TPSA) is 79.1 Å². The molecular formula is C32H29ClN2O5S2. The highest BCUT2D eigenvalue weighted by Crippen LogP contribution is 2.32. The number of thiazole rings is 1. The van der Waals surface area contributed by atoms with Gasteiger partial charge in [0.25, 0.3) is 5.56 Å². The fourth-order valence-electron chi connectivity index (χ4n) is 4.68. The lowest BCUT2D eigenvalue weighted by molar-refractivity contribution is -0.139. The molecule has 0 spiro atoms. The zero-order valence-corrected chi connectivity index (χ0v) is 25.9. The van der Waals surface area contributed by atoms with E-state index in [-0.39, 0.29) is 12.2 Å². The van der Waals surface area contributed by atoms with Gasteiger partial charge in [-0.15, -0.1) is 11.8 Å². The number of hydrogen-bond acceptors (Lipinski definition) is 8. The van der Waals surface area contributed by atoms with E-state index in [1.165, 1.54) is 11.3 Å². The van der Waals surface area contributed by atoms with Gasteiger partial charge in [-0.2, -0.15) is 0 Å². The normalized spacial score (nSPS) is 14.8.